The van der Waals surface area contributed by atoms with Crippen LogP contribution < -0.4 is 10.1 Å². The van der Waals surface area contributed by atoms with Crippen molar-refractivity contribution in [3.8, 4) is 5.75 Å². The number of carbonyl (C=O) groups is 1. The second-order valence-corrected chi connectivity index (χ2v) is 3.88. The van der Waals surface area contributed by atoms with Gasteiger partial charge in [-0.05, 0) is 19.1 Å². The van der Waals surface area contributed by atoms with Crippen LogP contribution in [0.5, 0.6) is 5.75 Å². The van der Waals surface area contributed by atoms with Crippen LogP contribution in [0.4, 0.5) is 13.2 Å². The Labute approximate surface area is 108 Å². The molecule has 1 amide bonds. The van der Waals surface area contributed by atoms with Crippen molar-refractivity contribution in [3.05, 3.63) is 30.3 Å². The summed E-state index contributed by atoms with van der Waals surface area (Å²) in [6.45, 7) is 0.507. The van der Waals surface area contributed by atoms with Crippen LogP contribution in [0.1, 0.15) is 6.92 Å². The number of para-hydroxylation sites is 1. The molecule has 0 aliphatic carbocycles. The highest BCUT2D eigenvalue weighted by Crippen LogP contribution is 2.19. The Kier molecular flexibility index (Phi) is 5.17. The lowest BCUT2D eigenvalue weighted by Crippen LogP contribution is -2.44. The molecule has 2 atom stereocenters. The average Bonchev–Trinajstić information content (AvgIpc) is 2.35. The van der Waals surface area contributed by atoms with Gasteiger partial charge in [-0.25, -0.2) is 0 Å². The molecule has 0 saturated heterocycles. The molecule has 2 unspecified atom stereocenters. The topological polar surface area (TPSA) is 58.6 Å². The quantitative estimate of drug-likeness (QED) is 0.857. The number of benzene rings is 1. The molecule has 0 fully saturated rings. The van der Waals surface area contributed by atoms with E-state index in [1.165, 1.54) is 6.92 Å². The molecule has 4 nitrogen and oxygen atoms in total. The van der Waals surface area contributed by atoms with Gasteiger partial charge in [0.05, 0.1) is 6.54 Å². The largest absolute Gasteiger partial charge is 0.481 e. The van der Waals surface area contributed by atoms with Crippen molar-refractivity contribution in [1.29, 1.82) is 0 Å². The van der Waals surface area contributed by atoms with Gasteiger partial charge < -0.3 is 15.2 Å². The fraction of sp³-hybridized carbons (Fsp3) is 0.417. The minimum atomic E-state index is -4.75. The van der Waals surface area contributed by atoms with Gasteiger partial charge in [-0.15, -0.1) is 0 Å². The molecule has 0 bridgehead atoms. The second-order valence-electron chi connectivity index (χ2n) is 3.88. The van der Waals surface area contributed by atoms with E-state index in [1.54, 1.807) is 30.3 Å². The van der Waals surface area contributed by atoms with Crippen LogP contribution in [0.3, 0.4) is 0 Å². The lowest BCUT2D eigenvalue weighted by Gasteiger charge is -2.18. The molecular formula is C12H14F3NO3. The molecule has 0 saturated carbocycles. The minimum absolute atomic E-state index is 0.432. The number of nitrogens with one attached hydrogen (secondary N) is 1. The van der Waals surface area contributed by atoms with Crippen molar-refractivity contribution < 1.29 is 27.8 Å². The normalized spacial score (nSPS) is 14.6. The van der Waals surface area contributed by atoms with Gasteiger partial charge in [0, 0.05) is 0 Å². The van der Waals surface area contributed by atoms with Crippen LogP contribution in [-0.4, -0.2) is 35.9 Å². The zero-order valence-electron chi connectivity index (χ0n) is 10.1. The maximum absolute atomic E-state index is 12.0. The number of aliphatic hydroxyl groups excluding tert-OH is 1. The molecule has 1 aromatic carbocycles. The van der Waals surface area contributed by atoms with Crippen molar-refractivity contribution in [2.24, 2.45) is 0 Å². The van der Waals surface area contributed by atoms with E-state index in [9.17, 15) is 18.0 Å². The third-order valence-electron chi connectivity index (χ3n) is 2.27. The Hall–Kier alpha value is -1.76. The fourth-order valence-electron chi connectivity index (χ4n) is 1.21. The van der Waals surface area contributed by atoms with Gasteiger partial charge in [-0.3, -0.25) is 4.79 Å². The molecule has 0 radical (unpaired) electrons. The van der Waals surface area contributed by atoms with Crippen molar-refractivity contribution in [2.45, 2.75) is 25.3 Å². The maximum atomic E-state index is 12.0. The van der Waals surface area contributed by atoms with Crippen molar-refractivity contribution >= 4 is 5.91 Å². The summed E-state index contributed by atoms with van der Waals surface area (Å²) in [5, 5.41) is 10.7. The molecule has 0 aromatic heterocycles. The monoisotopic (exact) mass is 277 g/mol. The fourth-order valence-corrected chi connectivity index (χ4v) is 1.21. The average molecular weight is 277 g/mol. The molecule has 0 aliphatic heterocycles. The number of alkyl halides is 3. The molecule has 1 aromatic rings. The Bertz CT molecular complexity index is 408. The van der Waals surface area contributed by atoms with Gasteiger partial charge in [0.15, 0.2) is 12.2 Å². The molecule has 0 heterocycles. The minimum Gasteiger partial charge on any atom is -0.481 e. The first-order valence-electron chi connectivity index (χ1n) is 5.55. The lowest BCUT2D eigenvalue weighted by molar-refractivity contribution is -0.202. The number of hydrogen-bond donors (Lipinski definition) is 2. The van der Waals surface area contributed by atoms with Crippen LogP contribution in [0.2, 0.25) is 0 Å². The zero-order valence-corrected chi connectivity index (χ0v) is 10.1. The highest BCUT2D eigenvalue weighted by Gasteiger charge is 2.38. The highest BCUT2D eigenvalue weighted by atomic mass is 19.4. The highest BCUT2D eigenvalue weighted by molar-refractivity contribution is 5.80. The van der Waals surface area contributed by atoms with Crippen LogP contribution in [-0.2, 0) is 4.79 Å². The second kappa shape index (κ2) is 6.42. The predicted molar refractivity (Wildman–Crippen MR) is 61.6 cm³/mol. The number of aliphatic hydroxyl groups is 1. The number of ether oxygens (including phenoxy) is 1. The standard InChI is InChI=1S/C12H14F3NO3/c1-8(19-9-5-3-2-4-6-9)11(18)16-7-10(17)12(13,14)15/h2-6,8,10,17H,7H2,1H3,(H,16,18). The number of amides is 1. The van der Waals surface area contributed by atoms with E-state index in [-0.39, 0.29) is 0 Å². The van der Waals surface area contributed by atoms with Gasteiger partial charge in [0.2, 0.25) is 0 Å². The summed E-state index contributed by atoms with van der Waals surface area (Å²) in [5.41, 5.74) is 0. The summed E-state index contributed by atoms with van der Waals surface area (Å²) in [4.78, 5) is 11.5. The van der Waals surface area contributed by atoms with Crippen molar-refractivity contribution in [3.63, 3.8) is 0 Å². The molecule has 106 valence electrons. The number of rotatable bonds is 5. The summed E-state index contributed by atoms with van der Waals surface area (Å²) in [6, 6.07) is 8.40. The molecule has 1 rings (SSSR count). The molecule has 19 heavy (non-hydrogen) atoms. The third kappa shape index (κ3) is 5.17. The first kappa shape index (κ1) is 15.3. The van der Waals surface area contributed by atoms with E-state index in [4.69, 9.17) is 9.84 Å². The first-order valence-corrected chi connectivity index (χ1v) is 5.55. The SMILES string of the molecule is CC(Oc1ccccc1)C(=O)NCC(O)C(F)(F)F. The molecule has 7 heteroatoms. The van der Waals surface area contributed by atoms with E-state index in [0.29, 0.717) is 5.75 Å². The molecular weight excluding hydrogens is 263 g/mol. The lowest BCUT2D eigenvalue weighted by atomic mass is 10.3. The van der Waals surface area contributed by atoms with Crippen LogP contribution >= 0.6 is 0 Å². The molecule has 2 N–H and O–H groups in total. The van der Waals surface area contributed by atoms with E-state index in [2.05, 4.69) is 0 Å². The summed E-state index contributed by atoms with van der Waals surface area (Å²) in [5.74, 6) is -0.298. The van der Waals surface area contributed by atoms with Gasteiger partial charge in [0.25, 0.3) is 5.91 Å². The Morgan fingerprint density at radius 2 is 1.95 bits per heavy atom. The summed E-state index contributed by atoms with van der Waals surface area (Å²) < 4.78 is 41.3. The van der Waals surface area contributed by atoms with Crippen molar-refractivity contribution in [1.82, 2.24) is 5.32 Å². The van der Waals surface area contributed by atoms with E-state index < -0.39 is 30.8 Å². The summed E-state index contributed by atoms with van der Waals surface area (Å²) >= 11 is 0. The number of carbonyl (C=O) groups excluding carboxylic acids is 1. The Morgan fingerprint density at radius 3 is 2.47 bits per heavy atom. The smallest absolute Gasteiger partial charge is 0.416 e. The van der Waals surface area contributed by atoms with Gasteiger partial charge in [-0.1, -0.05) is 18.2 Å². The summed E-state index contributed by atoms with van der Waals surface area (Å²) in [6.07, 6.45) is -8.29. The van der Waals surface area contributed by atoms with Crippen molar-refractivity contribution in [2.75, 3.05) is 6.54 Å². The van der Waals surface area contributed by atoms with Gasteiger partial charge in [0.1, 0.15) is 5.75 Å². The number of hydrogen-bond acceptors (Lipinski definition) is 3. The molecule has 0 spiro atoms. The van der Waals surface area contributed by atoms with E-state index in [1.807, 2.05) is 5.32 Å². The predicted octanol–water partition coefficient (Wildman–Crippen LogP) is 1.49. The van der Waals surface area contributed by atoms with E-state index >= 15 is 0 Å². The Morgan fingerprint density at radius 1 is 1.37 bits per heavy atom. The zero-order chi connectivity index (χ0) is 14.5. The van der Waals surface area contributed by atoms with Gasteiger partial charge >= 0.3 is 6.18 Å². The van der Waals surface area contributed by atoms with Gasteiger partial charge in [-0.2, -0.15) is 13.2 Å². The Balaban J connectivity index is 2.41. The third-order valence-corrected chi connectivity index (χ3v) is 2.27. The first-order chi connectivity index (χ1) is 8.80. The molecule has 0 aliphatic rings. The van der Waals surface area contributed by atoms with Crippen LogP contribution in [0, 0.1) is 0 Å². The van der Waals surface area contributed by atoms with E-state index in [0.717, 1.165) is 0 Å². The number of halogens is 3. The summed E-state index contributed by atoms with van der Waals surface area (Å²) in [7, 11) is 0. The van der Waals surface area contributed by atoms with Crippen LogP contribution in [0.25, 0.3) is 0 Å². The maximum Gasteiger partial charge on any atom is 0.416 e. The van der Waals surface area contributed by atoms with Crippen LogP contribution in [0.15, 0.2) is 30.3 Å².